The summed E-state index contributed by atoms with van der Waals surface area (Å²) < 4.78 is 5.54. The van der Waals surface area contributed by atoms with Crippen LogP contribution in [0.3, 0.4) is 0 Å². The highest BCUT2D eigenvalue weighted by Gasteiger charge is 2.35. The van der Waals surface area contributed by atoms with Gasteiger partial charge in [-0.05, 0) is 37.8 Å². The molecular formula is C15H19NO4. The highest BCUT2D eigenvalue weighted by Crippen LogP contribution is 2.27. The lowest BCUT2D eigenvalue weighted by Gasteiger charge is -2.32. The van der Waals surface area contributed by atoms with Gasteiger partial charge in [0.05, 0.1) is 5.92 Å². The molecule has 1 aliphatic rings. The number of hydrogen-bond donors (Lipinski definition) is 2. The van der Waals surface area contributed by atoms with Gasteiger partial charge in [0.1, 0.15) is 5.75 Å². The Kier molecular flexibility index (Phi) is 4.27. The van der Waals surface area contributed by atoms with E-state index in [1.165, 1.54) is 0 Å². The second-order valence-corrected chi connectivity index (χ2v) is 5.28. The Labute approximate surface area is 117 Å². The van der Waals surface area contributed by atoms with Crippen LogP contribution in [0.15, 0.2) is 18.2 Å². The number of benzene rings is 1. The van der Waals surface area contributed by atoms with Gasteiger partial charge in [-0.2, -0.15) is 0 Å². The lowest BCUT2D eigenvalue weighted by molar-refractivity contribution is -0.146. The zero-order valence-electron chi connectivity index (χ0n) is 11.7. The molecule has 1 aliphatic carbocycles. The number of amides is 1. The smallest absolute Gasteiger partial charge is 0.306 e. The van der Waals surface area contributed by atoms with E-state index in [-0.39, 0.29) is 24.5 Å². The number of carbonyl (C=O) groups is 2. The van der Waals surface area contributed by atoms with Gasteiger partial charge in [0.2, 0.25) is 0 Å². The monoisotopic (exact) mass is 277 g/mol. The van der Waals surface area contributed by atoms with Crippen molar-refractivity contribution in [2.75, 3.05) is 6.61 Å². The molecule has 5 heteroatoms. The number of rotatable bonds is 5. The number of para-hydroxylation sites is 1. The van der Waals surface area contributed by atoms with Crippen LogP contribution >= 0.6 is 0 Å². The van der Waals surface area contributed by atoms with Crippen molar-refractivity contribution in [2.24, 2.45) is 5.92 Å². The number of carbonyl (C=O) groups excluding carboxylic acids is 1. The molecule has 0 saturated heterocycles. The molecule has 1 aromatic rings. The summed E-state index contributed by atoms with van der Waals surface area (Å²) in [5.74, 6) is -0.580. The van der Waals surface area contributed by atoms with Crippen LogP contribution in [-0.4, -0.2) is 29.6 Å². The zero-order chi connectivity index (χ0) is 14.7. The number of carboxylic acid groups (broad SMARTS) is 1. The van der Waals surface area contributed by atoms with Crippen LogP contribution in [-0.2, 0) is 9.59 Å². The first-order chi connectivity index (χ1) is 9.47. The molecular weight excluding hydrogens is 258 g/mol. The normalized spacial score (nSPS) is 20.9. The molecule has 0 atom stereocenters. The molecule has 1 amide bonds. The summed E-state index contributed by atoms with van der Waals surface area (Å²) in [7, 11) is 0. The lowest BCUT2D eigenvalue weighted by atomic mass is 9.80. The minimum absolute atomic E-state index is 0.0369. The van der Waals surface area contributed by atoms with E-state index >= 15 is 0 Å². The molecule has 0 spiro atoms. The Morgan fingerprint density at radius 1 is 1.30 bits per heavy atom. The third-order valence-corrected chi connectivity index (χ3v) is 3.61. The Balaban J connectivity index is 1.78. The largest absolute Gasteiger partial charge is 0.483 e. The van der Waals surface area contributed by atoms with E-state index in [0.29, 0.717) is 12.8 Å². The molecule has 0 radical (unpaired) electrons. The molecule has 1 saturated carbocycles. The van der Waals surface area contributed by atoms with Crippen molar-refractivity contribution in [3.8, 4) is 5.75 Å². The van der Waals surface area contributed by atoms with Crippen LogP contribution < -0.4 is 10.1 Å². The first-order valence-corrected chi connectivity index (χ1v) is 6.68. The maximum atomic E-state index is 11.7. The second-order valence-electron chi connectivity index (χ2n) is 5.28. The van der Waals surface area contributed by atoms with Crippen molar-refractivity contribution in [2.45, 2.75) is 32.7 Å². The highest BCUT2D eigenvalue weighted by molar-refractivity contribution is 5.79. The SMILES string of the molecule is Cc1cccc(C)c1OCC(=O)NC1CC(C(=O)O)C1. The summed E-state index contributed by atoms with van der Waals surface area (Å²) in [5.41, 5.74) is 1.99. The summed E-state index contributed by atoms with van der Waals surface area (Å²) in [6, 6.07) is 5.77. The quantitative estimate of drug-likeness (QED) is 0.858. The van der Waals surface area contributed by atoms with Gasteiger partial charge in [-0.1, -0.05) is 18.2 Å². The number of carboxylic acids is 1. The van der Waals surface area contributed by atoms with Crippen LogP contribution in [0.4, 0.5) is 0 Å². The van der Waals surface area contributed by atoms with Crippen LogP contribution in [0.5, 0.6) is 5.75 Å². The molecule has 2 N–H and O–H groups in total. The third kappa shape index (κ3) is 3.29. The number of aliphatic carboxylic acids is 1. The van der Waals surface area contributed by atoms with E-state index in [0.717, 1.165) is 16.9 Å². The van der Waals surface area contributed by atoms with Crippen LogP contribution in [0, 0.1) is 19.8 Å². The molecule has 1 fully saturated rings. The van der Waals surface area contributed by atoms with Gasteiger partial charge >= 0.3 is 5.97 Å². The van der Waals surface area contributed by atoms with Gasteiger partial charge in [-0.25, -0.2) is 0 Å². The molecule has 0 unspecified atom stereocenters. The van der Waals surface area contributed by atoms with Crippen molar-refractivity contribution >= 4 is 11.9 Å². The molecule has 5 nitrogen and oxygen atoms in total. The van der Waals surface area contributed by atoms with Crippen molar-refractivity contribution in [1.29, 1.82) is 0 Å². The topological polar surface area (TPSA) is 75.6 Å². The molecule has 0 heterocycles. The maximum absolute atomic E-state index is 11.7. The molecule has 108 valence electrons. The van der Waals surface area contributed by atoms with Crippen LogP contribution in [0.2, 0.25) is 0 Å². The predicted molar refractivity (Wildman–Crippen MR) is 73.7 cm³/mol. The van der Waals surface area contributed by atoms with Crippen molar-refractivity contribution < 1.29 is 19.4 Å². The van der Waals surface area contributed by atoms with Gasteiger partial charge in [-0.15, -0.1) is 0 Å². The Morgan fingerprint density at radius 2 is 1.90 bits per heavy atom. The first-order valence-electron chi connectivity index (χ1n) is 6.68. The predicted octanol–water partition coefficient (Wildman–Crippen LogP) is 1.66. The number of nitrogens with one attached hydrogen (secondary N) is 1. The Morgan fingerprint density at radius 3 is 2.45 bits per heavy atom. The molecule has 20 heavy (non-hydrogen) atoms. The number of ether oxygens (including phenoxy) is 1. The van der Waals surface area contributed by atoms with Gasteiger partial charge in [-0.3, -0.25) is 9.59 Å². The standard InChI is InChI=1S/C15H19NO4/c1-9-4-3-5-10(2)14(9)20-8-13(17)16-12-6-11(7-12)15(18)19/h3-5,11-12H,6-8H2,1-2H3,(H,16,17)(H,18,19). The van der Waals surface area contributed by atoms with Crippen LogP contribution in [0.25, 0.3) is 0 Å². The van der Waals surface area contributed by atoms with E-state index in [1.54, 1.807) is 0 Å². The summed E-state index contributed by atoms with van der Waals surface area (Å²) >= 11 is 0. The summed E-state index contributed by atoms with van der Waals surface area (Å²) in [4.78, 5) is 22.4. The molecule has 2 rings (SSSR count). The van der Waals surface area contributed by atoms with Crippen molar-refractivity contribution in [1.82, 2.24) is 5.32 Å². The minimum atomic E-state index is -0.790. The average molecular weight is 277 g/mol. The Bertz CT molecular complexity index is 500. The highest BCUT2D eigenvalue weighted by atomic mass is 16.5. The summed E-state index contributed by atoms with van der Waals surface area (Å²) in [5, 5.41) is 11.5. The summed E-state index contributed by atoms with van der Waals surface area (Å²) in [6.07, 6.45) is 1.01. The van der Waals surface area contributed by atoms with Gasteiger partial charge in [0.25, 0.3) is 5.91 Å². The van der Waals surface area contributed by atoms with Gasteiger partial charge in [0.15, 0.2) is 6.61 Å². The fraction of sp³-hybridized carbons (Fsp3) is 0.467. The van der Waals surface area contributed by atoms with Gasteiger partial charge in [0, 0.05) is 6.04 Å². The Hall–Kier alpha value is -2.04. The minimum Gasteiger partial charge on any atom is -0.483 e. The first kappa shape index (κ1) is 14.4. The van der Waals surface area contributed by atoms with Crippen LogP contribution in [0.1, 0.15) is 24.0 Å². The zero-order valence-corrected chi connectivity index (χ0v) is 11.7. The maximum Gasteiger partial charge on any atom is 0.306 e. The fourth-order valence-corrected chi connectivity index (χ4v) is 2.37. The molecule has 0 bridgehead atoms. The second kappa shape index (κ2) is 5.94. The summed E-state index contributed by atoms with van der Waals surface area (Å²) in [6.45, 7) is 3.83. The molecule has 0 aromatic heterocycles. The van der Waals surface area contributed by atoms with Crippen molar-refractivity contribution in [3.63, 3.8) is 0 Å². The van der Waals surface area contributed by atoms with E-state index in [1.807, 2.05) is 32.0 Å². The fourth-order valence-electron chi connectivity index (χ4n) is 2.37. The van der Waals surface area contributed by atoms with Gasteiger partial charge < -0.3 is 15.2 Å². The van der Waals surface area contributed by atoms with E-state index in [9.17, 15) is 9.59 Å². The molecule has 1 aromatic carbocycles. The van der Waals surface area contributed by atoms with Crippen molar-refractivity contribution in [3.05, 3.63) is 29.3 Å². The van der Waals surface area contributed by atoms with E-state index < -0.39 is 5.97 Å². The average Bonchev–Trinajstić information content (AvgIpc) is 2.32. The van der Waals surface area contributed by atoms with E-state index in [2.05, 4.69) is 5.32 Å². The lowest BCUT2D eigenvalue weighted by Crippen LogP contribution is -2.48. The number of hydrogen-bond acceptors (Lipinski definition) is 3. The molecule has 0 aliphatic heterocycles. The van der Waals surface area contributed by atoms with E-state index in [4.69, 9.17) is 9.84 Å². The number of aryl methyl sites for hydroxylation is 2. The third-order valence-electron chi connectivity index (χ3n) is 3.61.